The van der Waals surface area contributed by atoms with Gasteiger partial charge in [-0.1, -0.05) is 65.4 Å². The van der Waals surface area contributed by atoms with E-state index in [9.17, 15) is 91.4 Å². The van der Waals surface area contributed by atoms with E-state index in [4.69, 9.17) is 25.8 Å². The van der Waals surface area contributed by atoms with Crippen LogP contribution < -0.4 is 0 Å². The Balaban J connectivity index is 0.000000171. The Bertz CT molecular complexity index is 3830. The molecule has 3 saturated heterocycles. The molecule has 3 aliphatic heterocycles. The molecule has 504 valence electrons. The summed E-state index contributed by atoms with van der Waals surface area (Å²) in [6.07, 6.45) is -8.79. The van der Waals surface area contributed by atoms with Crippen molar-refractivity contribution in [2.45, 2.75) is 118 Å². The summed E-state index contributed by atoms with van der Waals surface area (Å²) in [7, 11) is 0. The lowest BCUT2D eigenvalue weighted by Crippen LogP contribution is -2.62. The lowest BCUT2D eigenvalue weighted by Gasteiger charge is -2.45. The molecule has 3 fully saturated rings. The van der Waals surface area contributed by atoms with E-state index in [0.29, 0.717) is 34.5 Å². The fourth-order valence-electron chi connectivity index (χ4n) is 10.5. The van der Waals surface area contributed by atoms with Gasteiger partial charge in [-0.2, -0.15) is 0 Å². The molecule has 9 unspecified atom stereocenters. The number of nitrogens with zero attached hydrogens (tertiary/aromatic N) is 10. The summed E-state index contributed by atoms with van der Waals surface area (Å²) in [5, 5.41) is 124. The Morgan fingerprint density at radius 3 is 1.26 bits per heavy atom. The normalized spacial score (nSPS) is 25.8. The lowest BCUT2D eigenvalue weighted by atomic mass is 9.90. The van der Waals surface area contributed by atoms with Crippen LogP contribution in [0.3, 0.4) is 0 Å². The Labute approximate surface area is 534 Å². The third-order valence-corrected chi connectivity index (χ3v) is 15.5. The van der Waals surface area contributed by atoms with Crippen molar-refractivity contribution in [2.24, 2.45) is 0 Å². The monoisotopic (exact) mass is 1340 g/mol. The number of benzene rings is 5. The smallest absolute Gasteiger partial charge is 0.256 e. The lowest BCUT2D eigenvalue weighted by molar-refractivity contribution is -0.270. The zero-order valence-corrected chi connectivity index (χ0v) is 50.3. The fraction of sp³-hybridized carbons (Fsp3) is 0.377. The maximum atomic E-state index is 13.7. The van der Waals surface area contributed by atoms with Crippen molar-refractivity contribution < 1.29 is 106 Å². The minimum absolute atomic E-state index is 0.00752. The fourth-order valence-corrected chi connectivity index (χ4v) is 10.6. The number of aromatic nitrogens is 9. The van der Waals surface area contributed by atoms with E-state index in [1.807, 2.05) is 6.92 Å². The van der Waals surface area contributed by atoms with Gasteiger partial charge >= 0.3 is 0 Å². The Hall–Kier alpha value is -8.06. The number of hydrogen-bond donors (Lipinski definition) is 10. The van der Waals surface area contributed by atoms with Crippen LogP contribution in [-0.4, -0.2) is 212 Å². The number of carbonyl (C=O) groups is 2. The highest BCUT2D eigenvalue weighted by molar-refractivity contribution is 6.67. The van der Waals surface area contributed by atoms with E-state index in [0.717, 1.165) is 52.4 Å². The molecule has 6 heterocycles. The van der Waals surface area contributed by atoms with Crippen LogP contribution in [0.25, 0.3) is 33.8 Å². The number of ether oxygens (including phenoxy) is 3. The maximum absolute atomic E-state index is 13.7. The molecular weight excluding hydrogens is 1280 g/mol. The highest BCUT2D eigenvalue weighted by Gasteiger charge is 2.50. The second-order valence-electron chi connectivity index (χ2n) is 21.5. The zero-order valence-electron chi connectivity index (χ0n) is 49.5. The predicted molar refractivity (Wildman–Crippen MR) is 313 cm³/mol. The summed E-state index contributed by atoms with van der Waals surface area (Å²) in [5.41, 5.74) is 2.23. The van der Waals surface area contributed by atoms with Crippen LogP contribution in [0.15, 0.2) is 128 Å². The van der Waals surface area contributed by atoms with E-state index in [1.165, 1.54) is 70.3 Å². The second kappa shape index (κ2) is 32.4. The van der Waals surface area contributed by atoms with Crippen LogP contribution >= 0.6 is 11.6 Å². The Morgan fingerprint density at radius 1 is 0.479 bits per heavy atom. The molecule has 10 N–H and O–H groups in total. The van der Waals surface area contributed by atoms with Crippen LogP contribution in [0.1, 0.15) is 65.5 Å². The highest BCUT2D eigenvalue weighted by atomic mass is 35.5. The molecule has 25 nitrogen and oxygen atoms in total. The van der Waals surface area contributed by atoms with E-state index in [2.05, 4.69) is 30.9 Å². The first kappa shape index (κ1) is 71.8. The van der Waals surface area contributed by atoms with Gasteiger partial charge in [-0.25, -0.2) is 44.8 Å². The summed E-state index contributed by atoms with van der Waals surface area (Å²) in [6.45, 7) is 1.99. The molecule has 5 aromatic carbocycles. The highest BCUT2D eigenvalue weighted by Crippen LogP contribution is 2.36. The summed E-state index contributed by atoms with van der Waals surface area (Å²) < 4.78 is 112. The van der Waals surface area contributed by atoms with Crippen molar-refractivity contribution in [3.05, 3.63) is 180 Å². The largest absolute Gasteiger partial charge is 0.394 e. The summed E-state index contributed by atoms with van der Waals surface area (Å²) in [6, 6.07) is 19.5. The van der Waals surface area contributed by atoms with Crippen LogP contribution in [0.4, 0.5) is 30.7 Å². The van der Waals surface area contributed by atoms with E-state index < -0.39 is 151 Å². The average Bonchev–Trinajstić information content (AvgIpc) is 1.31. The molecule has 0 spiro atoms. The van der Waals surface area contributed by atoms with Gasteiger partial charge in [0, 0.05) is 34.4 Å². The first-order valence-electron chi connectivity index (χ1n) is 28.9. The molecule has 94 heavy (non-hydrogen) atoms. The molecule has 0 saturated carbocycles. The Kier molecular flexibility index (Phi) is 24.7. The molecule has 8 aromatic rings. The number of carbonyl (C=O) groups excluding carboxylic acids is 2. The summed E-state index contributed by atoms with van der Waals surface area (Å²) in [4.78, 5) is 24.5. The molecule has 3 aliphatic rings. The van der Waals surface area contributed by atoms with Gasteiger partial charge in [0.05, 0.1) is 44.5 Å². The number of likely N-dealkylation sites (N-methyl/N-ethyl adjacent to an activating group) is 1. The van der Waals surface area contributed by atoms with Crippen molar-refractivity contribution in [1.29, 1.82) is 0 Å². The molecule has 33 heteroatoms. The second-order valence-corrected chi connectivity index (χ2v) is 21.8. The zero-order chi connectivity index (χ0) is 68.2. The first-order valence-corrected chi connectivity index (χ1v) is 29.3. The molecule has 0 aliphatic carbocycles. The van der Waals surface area contributed by atoms with Crippen molar-refractivity contribution >= 4 is 22.8 Å². The van der Waals surface area contributed by atoms with Gasteiger partial charge < -0.3 is 70.2 Å². The van der Waals surface area contributed by atoms with Gasteiger partial charge in [0.1, 0.15) is 108 Å². The van der Waals surface area contributed by atoms with Crippen molar-refractivity contribution in [1.82, 2.24) is 49.9 Å². The molecule has 1 amide bonds. The Morgan fingerprint density at radius 2 is 0.862 bits per heavy atom. The van der Waals surface area contributed by atoms with Gasteiger partial charge in [0.2, 0.25) is 0 Å². The van der Waals surface area contributed by atoms with E-state index in [-0.39, 0.29) is 35.8 Å². The standard InChI is InChI=1S/C23H23F3N4O5.C17H22FN3O4.C14H16FN3O5.C7H3ClF2O/c1-2-29(22(34)13-6-7-15(25)16(26)9-13)23-21(33)19(20(32)18(11-31)35-23)30-10-17(27-28-30)12-4-3-5-14(24)8-12;1-2-4-13-16(23)15(17(24)14(9-22)25-13)21-8-12(19-20-21)10-5-3-6-11(18)7-10;15-8-3-1-2-7(4-8)9-5-18(17-16-9)11-12(20)10(6-19)23-14(22)13(11)21;8-7(11)4-1-2-5(9)6(10)3-4/h3-10,18-21,23,31-33H,2,11H2,1H3;3,5-8,13-17,22-24H,2,4,9H2,1H3;1-5,10-14,19-22H,6H2;1-3H/t18?,19-,20-,21?,23?;13?,14?,15-,16?,17+;10?,11-,12-,13?,14?;/m010./s1. The van der Waals surface area contributed by atoms with Crippen molar-refractivity contribution in [3.8, 4) is 33.8 Å². The molecular formula is C61H64ClF7N10O15. The third-order valence-electron chi connectivity index (χ3n) is 15.3. The minimum Gasteiger partial charge on any atom is -0.394 e. The van der Waals surface area contributed by atoms with Crippen LogP contribution in [-0.2, 0) is 14.2 Å². The number of aliphatic hydroxyl groups excluding tert-OH is 10. The summed E-state index contributed by atoms with van der Waals surface area (Å²) >= 11 is 5.00. The molecule has 3 aromatic heterocycles. The van der Waals surface area contributed by atoms with Gasteiger partial charge in [-0.15, -0.1) is 15.3 Å². The van der Waals surface area contributed by atoms with Crippen LogP contribution in [0.2, 0.25) is 0 Å². The number of halogens is 8. The van der Waals surface area contributed by atoms with Gasteiger partial charge in [-0.05, 0) is 97.7 Å². The van der Waals surface area contributed by atoms with Gasteiger partial charge in [0.15, 0.2) is 35.8 Å². The molecule has 15 atom stereocenters. The topological polar surface area (TPSA) is 360 Å². The summed E-state index contributed by atoms with van der Waals surface area (Å²) in [5.74, 6) is -6.48. The number of amides is 1. The van der Waals surface area contributed by atoms with Gasteiger partial charge in [-0.3, -0.25) is 9.59 Å². The maximum Gasteiger partial charge on any atom is 0.256 e. The third kappa shape index (κ3) is 16.7. The van der Waals surface area contributed by atoms with Crippen molar-refractivity contribution in [2.75, 3.05) is 26.4 Å². The number of hydrogen-bond acceptors (Lipinski definition) is 21. The van der Waals surface area contributed by atoms with E-state index >= 15 is 0 Å². The molecule has 0 bridgehead atoms. The quantitative estimate of drug-likeness (QED) is 0.0515. The average molecular weight is 1350 g/mol. The molecule has 0 radical (unpaired) electrons. The first-order chi connectivity index (χ1) is 44.9. The molecule has 11 rings (SSSR count). The van der Waals surface area contributed by atoms with Gasteiger partial charge in [0.25, 0.3) is 11.1 Å². The van der Waals surface area contributed by atoms with Crippen molar-refractivity contribution in [3.63, 3.8) is 0 Å². The minimum atomic E-state index is -1.58. The predicted octanol–water partition coefficient (Wildman–Crippen LogP) is 3.81. The number of aliphatic hydroxyl groups is 10. The van der Waals surface area contributed by atoms with Crippen LogP contribution in [0.5, 0.6) is 0 Å². The number of rotatable bonds is 15. The SMILES string of the molecule is CCCC1OC(CO)[C@H](O)[C@H](n2cc(-c3cccc(F)c3)nn2)C1O.CCN(C(=O)c1ccc(F)c(F)c1)C1OC(CO)[C@H](O)[C@H](n2cc(-c3cccc(F)c3)nn2)C1O.O=C(Cl)c1ccc(F)c(F)c1.OCC1OC(O)C(O)[C@@H](n2cc(-c3cccc(F)c3)nn2)[C@H]1O. The van der Waals surface area contributed by atoms with E-state index in [1.54, 1.807) is 37.4 Å². The van der Waals surface area contributed by atoms with Crippen LogP contribution in [0, 0.1) is 40.7 Å².